The molecule has 1 N–H and O–H groups in total. The van der Waals surface area contributed by atoms with Crippen LogP contribution in [-0.2, 0) is 24.3 Å². The average molecular weight is 697 g/mol. The number of benzene rings is 3. The molecular weight excluding hydrogens is 661 g/mol. The molecule has 6 rings (SSSR count). The number of amides is 2. The van der Waals surface area contributed by atoms with E-state index < -0.39 is 0 Å². The molecule has 0 fully saturated rings. The summed E-state index contributed by atoms with van der Waals surface area (Å²) in [6.45, 7) is 0.694. The standard InChI is InChI=1S/C36H36N6O5S2/c1-45-27-13-11-25(12-14-27)31-21-30(32-10-7-17-48-32)40-42(31)34(43)23-49-36-39-38-33(41(36)16-15-24-8-5-4-6-9-24)22-37-35(44)26-18-28(46-2)20-29(19-26)47-3/h4-14,17-20,31H,15-16,21-23H2,1-3H3,(H,37,44)/t31-/m1/s1. The van der Waals surface area contributed by atoms with Crippen molar-refractivity contribution in [2.45, 2.75) is 37.1 Å². The Morgan fingerprint density at radius 2 is 1.63 bits per heavy atom. The molecule has 5 aromatic rings. The monoisotopic (exact) mass is 696 g/mol. The van der Waals surface area contributed by atoms with Gasteiger partial charge in [-0.3, -0.25) is 9.59 Å². The second kappa shape index (κ2) is 15.8. The number of thioether (sulfide) groups is 1. The Bertz CT molecular complexity index is 1890. The summed E-state index contributed by atoms with van der Waals surface area (Å²) in [5, 5.41) is 20.8. The summed E-state index contributed by atoms with van der Waals surface area (Å²) in [5.41, 5.74) is 3.40. The van der Waals surface area contributed by atoms with Crippen molar-refractivity contribution in [2.75, 3.05) is 27.1 Å². The Labute approximate surface area is 292 Å². The van der Waals surface area contributed by atoms with Crippen molar-refractivity contribution in [3.05, 3.63) is 118 Å². The first-order valence-electron chi connectivity index (χ1n) is 15.6. The molecule has 0 aliphatic carbocycles. The smallest absolute Gasteiger partial charge is 0.253 e. The van der Waals surface area contributed by atoms with Gasteiger partial charge in [-0.2, -0.15) is 5.10 Å². The summed E-state index contributed by atoms with van der Waals surface area (Å²) < 4.78 is 18.0. The van der Waals surface area contributed by atoms with Crippen molar-refractivity contribution < 1.29 is 23.8 Å². The van der Waals surface area contributed by atoms with E-state index in [0.717, 1.165) is 27.5 Å². The number of hydrazone groups is 1. The lowest BCUT2D eigenvalue weighted by Crippen LogP contribution is -2.28. The van der Waals surface area contributed by atoms with Crippen LogP contribution in [0.2, 0.25) is 0 Å². The van der Waals surface area contributed by atoms with Crippen LogP contribution in [0.15, 0.2) is 101 Å². The highest BCUT2D eigenvalue weighted by molar-refractivity contribution is 7.99. The number of ether oxygens (including phenoxy) is 3. The van der Waals surface area contributed by atoms with Crippen molar-refractivity contribution in [1.29, 1.82) is 0 Å². The van der Waals surface area contributed by atoms with Gasteiger partial charge < -0.3 is 24.1 Å². The molecule has 11 nitrogen and oxygen atoms in total. The van der Waals surface area contributed by atoms with E-state index >= 15 is 0 Å². The average Bonchev–Trinajstić information content (AvgIpc) is 3.93. The molecule has 1 atom stereocenters. The van der Waals surface area contributed by atoms with E-state index in [9.17, 15) is 9.59 Å². The first-order valence-corrected chi connectivity index (χ1v) is 17.5. The second-order valence-corrected chi connectivity index (χ2v) is 13.0. The van der Waals surface area contributed by atoms with Crippen molar-refractivity contribution >= 4 is 40.6 Å². The maximum absolute atomic E-state index is 13.9. The summed E-state index contributed by atoms with van der Waals surface area (Å²) in [6, 6.07) is 26.6. The number of nitrogens with one attached hydrogen (secondary N) is 1. The van der Waals surface area contributed by atoms with E-state index in [-0.39, 0.29) is 30.2 Å². The van der Waals surface area contributed by atoms with Crippen molar-refractivity contribution in [3.63, 3.8) is 0 Å². The summed E-state index contributed by atoms with van der Waals surface area (Å²) in [7, 11) is 4.70. The lowest BCUT2D eigenvalue weighted by atomic mass is 10.0. The molecule has 0 saturated carbocycles. The summed E-state index contributed by atoms with van der Waals surface area (Å²) >= 11 is 2.91. The lowest BCUT2D eigenvalue weighted by molar-refractivity contribution is -0.130. The lowest BCUT2D eigenvalue weighted by Gasteiger charge is -2.22. The molecule has 0 unspecified atom stereocenters. The molecule has 2 amide bonds. The van der Waals surface area contributed by atoms with Gasteiger partial charge in [0.05, 0.1) is 50.3 Å². The Morgan fingerprint density at radius 3 is 2.31 bits per heavy atom. The van der Waals surface area contributed by atoms with Crippen molar-refractivity contribution in [2.24, 2.45) is 5.10 Å². The summed E-state index contributed by atoms with van der Waals surface area (Å²) in [6.07, 6.45) is 1.33. The Balaban J connectivity index is 1.20. The molecule has 0 spiro atoms. The van der Waals surface area contributed by atoms with Gasteiger partial charge in [0, 0.05) is 24.6 Å². The molecule has 3 heterocycles. The normalized spacial score (nSPS) is 14.0. The SMILES string of the molecule is COc1ccc([C@H]2CC(c3cccs3)=NN2C(=O)CSc2nnc(CNC(=O)c3cc(OC)cc(OC)c3)n2CCc2ccccc2)cc1. The van der Waals surface area contributed by atoms with Crippen LogP contribution in [0.3, 0.4) is 0 Å². The Morgan fingerprint density at radius 1 is 0.898 bits per heavy atom. The minimum Gasteiger partial charge on any atom is -0.497 e. The number of aromatic nitrogens is 3. The number of carbonyl (C=O) groups excluding carboxylic acids is 2. The molecule has 49 heavy (non-hydrogen) atoms. The number of methoxy groups -OCH3 is 3. The predicted octanol–water partition coefficient (Wildman–Crippen LogP) is 6.01. The number of thiophene rings is 1. The van der Waals surface area contributed by atoms with Gasteiger partial charge in [-0.05, 0) is 53.3 Å². The highest BCUT2D eigenvalue weighted by atomic mass is 32.2. The third-order valence-corrected chi connectivity index (χ3v) is 9.95. The van der Waals surface area contributed by atoms with E-state index in [2.05, 4.69) is 27.6 Å². The maximum Gasteiger partial charge on any atom is 0.253 e. The van der Waals surface area contributed by atoms with Gasteiger partial charge in [0.2, 0.25) is 0 Å². The Kier molecular flexibility index (Phi) is 10.9. The van der Waals surface area contributed by atoms with Crippen LogP contribution in [0.25, 0.3) is 0 Å². The zero-order chi connectivity index (χ0) is 34.2. The fourth-order valence-corrected chi connectivity index (χ4v) is 7.03. The van der Waals surface area contributed by atoms with Gasteiger partial charge in [0.1, 0.15) is 17.2 Å². The van der Waals surface area contributed by atoms with Crippen LogP contribution in [0.4, 0.5) is 0 Å². The van der Waals surface area contributed by atoms with Gasteiger partial charge in [0.15, 0.2) is 11.0 Å². The predicted molar refractivity (Wildman–Crippen MR) is 190 cm³/mol. The highest BCUT2D eigenvalue weighted by Gasteiger charge is 2.33. The third kappa shape index (κ3) is 8.12. The van der Waals surface area contributed by atoms with Crippen LogP contribution >= 0.6 is 23.1 Å². The largest absolute Gasteiger partial charge is 0.497 e. The van der Waals surface area contributed by atoms with E-state index in [1.807, 2.05) is 64.5 Å². The van der Waals surface area contributed by atoms with Gasteiger partial charge in [-0.15, -0.1) is 21.5 Å². The zero-order valence-electron chi connectivity index (χ0n) is 27.4. The first-order chi connectivity index (χ1) is 23.9. The fourth-order valence-electron chi connectivity index (χ4n) is 5.48. The van der Waals surface area contributed by atoms with Crippen LogP contribution < -0.4 is 19.5 Å². The van der Waals surface area contributed by atoms with Crippen molar-refractivity contribution in [1.82, 2.24) is 25.1 Å². The number of nitrogens with zero attached hydrogens (tertiary/aromatic N) is 5. The molecule has 13 heteroatoms. The molecule has 0 radical (unpaired) electrons. The van der Waals surface area contributed by atoms with Gasteiger partial charge >= 0.3 is 0 Å². The summed E-state index contributed by atoms with van der Waals surface area (Å²) in [4.78, 5) is 28.1. The van der Waals surface area contributed by atoms with Crippen LogP contribution in [0, 0.1) is 0 Å². The van der Waals surface area contributed by atoms with Gasteiger partial charge in [0.25, 0.3) is 11.8 Å². The number of hydrogen-bond acceptors (Lipinski definition) is 10. The zero-order valence-corrected chi connectivity index (χ0v) is 29.0. The minimum atomic E-state index is -0.308. The molecule has 0 bridgehead atoms. The first kappa shape index (κ1) is 33.7. The second-order valence-electron chi connectivity index (χ2n) is 11.1. The fraction of sp³-hybridized carbons (Fsp3) is 0.250. The molecular formula is C36H36N6O5S2. The van der Waals surface area contributed by atoms with E-state index in [4.69, 9.17) is 19.3 Å². The molecule has 3 aromatic carbocycles. The number of carbonyl (C=O) groups is 2. The highest BCUT2D eigenvalue weighted by Crippen LogP contribution is 2.35. The van der Waals surface area contributed by atoms with Crippen LogP contribution in [0.1, 0.15) is 44.6 Å². The minimum absolute atomic E-state index is 0.104. The number of hydrogen-bond donors (Lipinski definition) is 1. The summed E-state index contributed by atoms with van der Waals surface area (Å²) in [5.74, 6) is 2.00. The molecule has 1 aliphatic heterocycles. The molecule has 0 saturated heterocycles. The van der Waals surface area contributed by atoms with Crippen LogP contribution in [-0.4, -0.2) is 64.4 Å². The van der Waals surface area contributed by atoms with Crippen LogP contribution in [0.5, 0.6) is 17.2 Å². The van der Waals surface area contributed by atoms with Crippen molar-refractivity contribution in [3.8, 4) is 17.2 Å². The molecule has 2 aromatic heterocycles. The van der Waals surface area contributed by atoms with E-state index in [1.165, 1.54) is 26.0 Å². The third-order valence-electron chi connectivity index (χ3n) is 8.08. The van der Waals surface area contributed by atoms with E-state index in [0.29, 0.717) is 47.4 Å². The molecule has 252 valence electrons. The number of aryl methyl sites for hydroxylation is 1. The number of rotatable bonds is 14. The van der Waals surface area contributed by atoms with Gasteiger partial charge in [-0.1, -0.05) is 60.3 Å². The van der Waals surface area contributed by atoms with E-state index in [1.54, 1.807) is 41.7 Å². The Hall–Kier alpha value is -5.14. The quantitative estimate of drug-likeness (QED) is 0.140. The van der Waals surface area contributed by atoms with Gasteiger partial charge in [-0.25, -0.2) is 5.01 Å². The molecule has 1 aliphatic rings. The maximum atomic E-state index is 13.9. The topological polar surface area (TPSA) is 120 Å².